The van der Waals surface area contributed by atoms with E-state index in [0.717, 1.165) is 95.4 Å². The van der Waals surface area contributed by atoms with Crippen molar-refractivity contribution in [3.05, 3.63) is 295 Å². The molecule has 0 saturated heterocycles. The third kappa shape index (κ3) is 7.81. The molecule has 14 aromatic carbocycles. The highest BCUT2D eigenvalue weighted by molar-refractivity contribution is 6.40. The molecule has 5 heteroatoms. The van der Waals surface area contributed by atoms with Crippen LogP contribution in [0.25, 0.3) is 104 Å². The molecule has 0 spiro atoms. The SMILES string of the molecule is Clc1cccc(N(c2cc(-c3ccccc3)cc(N(c3cccc(Cl)c3)c3c(-c4ccccc4)cccc3-n3c4ccc5cccc6c7cccc8ccc3c(c87)c4c56)c2)c2c(-c3ccccc3)cccc2-c2ccccc2)c1. The second-order valence-electron chi connectivity index (χ2n) is 20.3. The predicted octanol–water partition coefficient (Wildman–Crippen LogP) is 22.0. The quantitative estimate of drug-likeness (QED) is 0.0945. The standard InChI is InChI=1S/C74H47Cl2N3/c75-55-29-15-31-57(45-55)77(73-61(49-21-7-2-8-22-49)33-17-34-62(73)50-23-9-3-10-24-50)59-43-54(48-19-5-1-6-20-48)44-60(47-59)78(58-32-16-30-56(76)46-58)74-63(51-25-11-4-12-26-51)35-18-38-68(74)79-66-41-39-52-27-13-36-64-65-37-14-28-53-40-42-67(79)72(70(53)65)71(66)69(52)64/h1-47H. The maximum absolute atomic E-state index is 7.21. The number of anilines is 6. The molecular formula is C74H47Cl2N3. The molecule has 0 radical (unpaired) electrons. The Kier molecular flexibility index (Phi) is 11.3. The number of benzene rings is 14. The van der Waals surface area contributed by atoms with Crippen molar-refractivity contribution in [3.8, 4) is 50.2 Å². The van der Waals surface area contributed by atoms with E-state index in [0.29, 0.717) is 10.0 Å². The van der Waals surface area contributed by atoms with Crippen LogP contribution < -0.4 is 9.80 Å². The lowest BCUT2D eigenvalue weighted by Gasteiger charge is -2.34. The van der Waals surface area contributed by atoms with Gasteiger partial charge in [-0.25, -0.2) is 0 Å². The minimum atomic E-state index is 0.631. The van der Waals surface area contributed by atoms with Gasteiger partial charge in [0.25, 0.3) is 0 Å². The number of hydrogen-bond acceptors (Lipinski definition) is 2. The van der Waals surface area contributed by atoms with Crippen LogP contribution in [0.15, 0.2) is 285 Å². The van der Waals surface area contributed by atoms with Crippen molar-refractivity contribution in [1.29, 1.82) is 0 Å². The highest BCUT2D eigenvalue weighted by Gasteiger charge is 2.30. The van der Waals surface area contributed by atoms with Gasteiger partial charge in [0.1, 0.15) is 0 Å². The van der Waals surface area contributed by atoms with Gasteiger partial charge in [-0.3, -0.25) is 0 Å². The van der Waals surface area contributed by atoms with Crippen molar-refractivity contribution >= 4 is 111 Å². The molecule has 0 amide bonds. The van der Waals surface area contributed by atoms with Crippen LogP contribution in [0.2, 0.25) is 10.0 Å². The van der Waals surface area contributed by atoms with E-state index in [9.17, 15) is 0 Å². The number of halogens is 2. The summed E-state index contributed by atoms with van der Waals surface area (Å²) in [5.74, 6) is 0. The molecule has 3 nitrogen and oxygen atoms in total. The van der Waals surface area contributed by atoms with Crippen LogP contribution >= 0.6 is 23.2 Å². The molecule has 0 aliphatic heterocycles. The van der Waals surface area contributed by atoms with Gasteiger partial charge in [0.05, 0.1) is 28.1 Å². The topological polar surface area (TPSA) is 11.4 Å². The van der Waals surface area contributed by atoms with Gasteiger partial charge in [0.2, 0.25) is 0 Å². The number of para-hydroxylation sites is 2. The van der Waals surface area contributed by atoms with Gasteiger partial charge in [-0.15, -0.1) is 0 Å². The van der Waals surface area contributed by atoms with Gasteiger partial charge >= 0.3 is 0 Å². The van der Waals surface area contributed by atoms with Crippen LogP contribution in [-0.2, 0) is 0 Å². The fraction of sp³-hybridized carbons (Fsp3) is 0. The summed E-state index contributed by atoms with van der Waals surface area (Å²) in [6.07, 6.45) is 0. The number of fused-ring (bicyclic) bond motifs is 1. The Morgan fingerprint density at radius 2 is 0.671 bits per heavy atom. The van der Waals surface area contributed by atoms with Crippen molar-refractivity contribution in [2.75, 3.05) is 9.80 Å². The minimum Gasteiger partial charge on any atom is -0.309 e. The van der Waals surface area contributed by atoms with Crippen molar-refractivity contribution in [2.24, 2.45) is 0 Å². The second-order valence-corrected chi connectivity index (χ2v) is 21.1. The summed E-state index contributed by atoms with van der Waals surface area (Å²) in [6, 6.07) is 103. The van der Waals surface area contributed by atoms with E-state index in [-0.39, 0.29) is 0 Å². The van der Waals surface area contributed by atoms with Crippen LogP contribution in [-0.4, -0.2) is 4.57 Å². The largest absolute Gasteiger partial charge is 0.309 e. The molecular weight excluding hydrogens is 1000 g/mol. The summed E-state index contributed by atoms with van der Waals surface area (Å²) >= 11 is 14.3. The summed E-state index contributed by atoms with van der Waals surface area (Å²) < 4.78 is 2.52. The van der Waals surface area contributed by atoms with E-state index in [1.807, 2.05) is 18.2 Å². The van der Waals surface area contributed by atoms with Crippen molar-refractivity contribution in [3.63, 3.8) is 0 Å². The monoisotopic (exact) mass is 1050 g/mol. The lowest BCUT2D eigenvalue weighted by Crippen LogP contribution is -2.17. The first-order valence-corrected chi connectivity index (χ1v) is 27.5. The molecule has 0 fully saturated rings. The van der Waals surface area contributed by atoms with Crippen molar-refractivity contribution in [2.45, 2.75) is 0 Å². The lowest BCUT2D eigenvalue weighted by atomic mass is 9.90. The Labute approximate surface area is 468 Å². The van der Waals surface area contributed by atoms with Crippen LogP contribution in [0.3, 0.4) is 0 Å². The molecule has 0 unspecified atom stereocenters. The van der Waals surface area contributed by atoms with Crippen LogP contribution in [0.4, 0.5) is 34.1 Å². The summed E-state index contributed by atoms with van der Waals surface area (Å²) in [7, 11) is 0. The average Bonchev–Trinajstić information content (AvgIpc) is 2.82. The molecule has 15 aromatic rings. The van der Waals surface area contributed by atoms with E-state index >= 15 is 0 Å². The van der Waals surface area contributed by atoms with Gasteiger partial charge in [0.15, 0.2) is 0 Å². The zero-order valence-electron chi connectivity index (χ0n) is 42.7. The van der Waals surface area contributed by atoms with Crippen LogP contribution in [0, 0.1) is 0 Å². The van der Waals surface area contributed by atoms with Crippen molar-refractivity contribution in [1.82, 2.24) is 4.57 Å². The molecule has 1 heterocycles. The lowest BCUT2D eigenvalue weighted by molar-refractivity contribution is 1.15. The molecule has 0 N–H and O–H groups in total. The number of nitrogens with zero attached hydrogens (tertiary/aromatic N) is 3. The third-order valence-corrected chi connectivity index (χ3v) is 16.2. The first-order chi connectivity index (χ1) is 39.0. The Morgan fingerprint density at radius 1 is 0.266 bits per heavy atom. The molecule has 1 aromatic heterocycles. The van der Waals surface area contributed by atoms with E-state index in [2.05, 4.69) is 281 Å². The number of hydrogen-bond donors (Lipinski definition) is 0. The fourth-order valence-corrected chi connectivity index (χ4v) is 12.8. The summed E-state index contributed by atoms with van der Waals surface area (Å²) in [5.41, 5.74) is 17.6. The van der Waals surface area contributed by atoms with Crippen LogP contribution in [0.5, 0.6) is 0 Å². The first kappa shape index (κ1) is 46.6. The molecule has 0 aliphatic carbocycles. The van der Waals surface area contributed by atoms with E-state index < -0.39 is 0 Å². The van der Waals surface area contributed by atoms with Gasteiger partial charge in [-0.1, -0.05) is 236 Å². The van der Waals surface area contributed by atoms with Crippen LogP contribution in [0.1, 0.15) is 0 Å². The Morgan fingerprint density at radius 3 is 1.14 bits per heavy atom. The summed E-state index contributed by atoms with van der Waals surface area (Å²) in [6.45, 7) is 0. The fourth-order valence-electron chi connectivity index (χ4n) is 12.4. The molecule has 79 heavy (non-hydrogen) atoms. The Hall–Kier alpha value is -9.64. The minimum absolute atomic E-state index is 0.631. The maximum Gasteiger partial charge on any atom is 0.0781 e. The van der Waals surface area contributed by atoms with E-state index in [1.165, 1.54) is 43.1 Å². The van der Waals surface area contributed by atoms with Gasteiger partial charge in [0, 0.05) is 60.3 Å². The zero-order chi connectivity index (χ0) is 52.6. The predicted molar refractivity (Wildman–Crippen MR) is 337 cm³/mol. The summed E-state index contributed by atoms with van der Waals surface area (Å²) in [4.78, 5) is 4.84. The number of rotatable bonds is 11. The first-order valence-electron chi connectivity index (χ1n) is 26.7. The molecule has 0 saturated carbocycles. The molecule has 0 bridgehead atoms. The van der Waals surface area contributed by atoms with Gasteiger partial charge in [-0.2, -0.15) is 0 Å². The van der Waals surface area contributed by atoms with Gasteiger partial charge in [-0.05, 0) is 133 Å². The molecule has 0 aliphatic rings. The Balaban J connectivity index is 1.08. The van der Waals surface area contributed by atoms with Gasteiger partial charge < -0.3 is 14.4 Å². The average molecular weight is 1050 g/mol. The molecule has 15 rings (SSSR count). The van der Waals surface area contributed by atoms with E-state index in [1.54, 1.807) is 0 Å². The zero-order valence-corrected chi connectivity index (χ0v) is 44.2. The summed E-state index contributed by atoms with van der Waals surface area (Å²) in [5, 5.41) is 11.4. The highest BCUT2D eigenvalue weighted by atomic mass is 35.5. The Bertz CT molecular complexity index is 4590. The van der Waals surface area contributed by atoms with Crippen molar-refractivity contribution < 1.29 is 0 Å². The maximum atomic E-state index is 7.21. The van der Waals surface area contributed by atoms with E-state index in [4.69, 9.17) is 23.2 Å². The highest BCUT2D eigenvalue weighted by Crippen LogP contribution is 2.54. The molecule has 0 atom stereocenters. The smallest absolute Gasteiger partial charge is 0.0781 e. The number of aromatic nitrogens is 1. The second kappa shape index (κ2) is 19.1. The normalized spacial score (nSPS) is 11.7. The third-order valence-electron chi connectivity index (χ3n) is 15.7. The molecule has 372 valence electrons.